The minimum absolute atomic E-state index is 0.284. The molecule has 1 atom stereocenters. The smallest absolute Gasteiger partial charge is 0.338 e. The van der Waals surface area contributed by atoms with Crippen LogP contribution in [0.1, 0.15) is 13.8 Å². The van der Waals surface area contributed by atoms with E-state index in [0.717, 1.165) is 0 Å². The fourth-order valence-corrected chi connectivity index (χ4v) is 2.68. The summed E-state index contributed by atoms with van der Waals surface area (Å²) in [4.78, 5) is 23.8. The quantitative estimate of drug-likeness (QED) is 0.428. The van der Waals surface area contributed by atoms with Crippen LogP contribution in [-0.2, 0) is 9.53 Å². The summed E-state index contributed by atoms with van der Waals surface area (Å²) in [7, 11) is 1.60. The molecule has 8 heteroatoms. The molecular formula is C18H26N3O5+. The van der Waals surface area contributed by atoms with E-state index in [9.17, 15) is 9.59 Å². The van der Waals surface area contributed by atoms with Crippen molar-refractivity contribution in [1.82, 2.24) is 10.6 Å². The molecule has 1 aliphatic rings. The highest BCUT2D eigenvalue weighted by molar-refractivity contribution is 5.94. The topological polar surface area (TPSA) is 102 Å². The Kier molecular flexibility index (Phi) is 7.28. The number of carbonyl (C=O) groups excluding carboxylic acids is 2. The first kappa shape index (κ1) is 19.6. The van der Waals surface area contributed by atoms with Crippen LogP contribution in [0.15, 0.2) is 35.5 Å². The SMILES string of the molecule is CCOC(=O)C1=C(C[NH2+]CCOc2ccccc2OC)NC(=O)N[C@H]1C. The number of nitrogens with one attached hydrogen (secondary N) is 2. The lowest BCUT2D eigenvalue weighted by molar-refractivity contribution is -0.648. The Morgan fingerprint density at radius 2 is 2.00 bits per heavy atom. The van der Waals surface area contributed by atoms with Gasteiger partial charge in [0, 0.05) is 0 Å². The summed E-state index contributed by atoms with van der Waals surface area (Å²) in [5.74, 6) is 0.944. The second-order valence-electron chi connectivity index (χ2n) is 5.71. The number of hydrogen-bond donors (Lipinski definition) is 3. The van der Waals surface area contributed by atoms with Gasteiger partial charge in [-0.05, 0) is 26.0 Å². The van der Waals surface area contributed by atoms with Gasteiger partial charge in [0.1, 0.15) is 19.7 Å². The van der Waals surface area contributed by atoms with Crippen molar-refractivity contribution < 1.29 is 29.1 Å². The third-order valence-corrected chi connectivity index (χ3v) is 3.86. The van der Waals surface area contributed by atoms with Gasteiger partial charge in [-0.2, -0.15) is 0 Å². The number of methoxy groups -OCH3 is 1. The predicted molar refractivity (Wildman–Crippen MR) is 94.9 cm³/mol. The van der Waals surface area contributed by atoms with Crippen molar-refractivity contribution in [3.63, 3.8) is 0 Å². The van der Waals surface area contributed by atoms with Gasteiger partial charge >= 0.3 is 12.0 Å². The van der Waals surface area contributed by atoms with E-state index in [-0.39, 0.29) is 12.6 Å². The summed E-state index contributed by atoms with van der Waals surface area (Å²) < 4.78 is 16.0. The van der Waals surface area contributed by atoms with Gasteiger partial charge in [-0.15, -0.1) is 0 Å². The number of hydrogen-bond acceptors (Lipinski definition) is 5. The highest BCUT2D eigenvalue weighted by atomic mass is 16.5. The van der Waals surface area contributed by atoms with E-state index in [1.54, 1.807) is 21.0 Å². The Hall–Kier alpha value is -2.74. The summed E-state index contributed by atoms with van der Waals surface area (Å²) in [5, 5.41) is 7.33. The molecular weight excluding hydrogens is 338 g/mol. The number of ether oxygens (including phenoxy) is 3. The molecule has 2 amide bonds. The number of esters is 1. The van der Waals surface area contributed by atoms with Crippen molar-refractivity contribution in [3.8, 4) is 11.5 Å². The number of nitrogens with two attached hydrogens (primary N) is 1. The molecule has 0 fully saturated rings. The van der Waals surface area contributed by atoms with Gasteiger partial charge in [-0.3, -0.25) is 0 Å². The monoisotopic (exact) mass is 364 g/mol. The molecule has 0 spiro atoms. The van der Waals surface area contributed by atoms with E-state index in [1.165, 1.54) is 0 Å². The average Bonchev–Trinajstić information content (AvgIpc) is 2.61. The lowest BCUT2D eigenvalue weighted by Gasteiger charge is -2.25. The molecule has 0 unspecified atom stereocenters. The molecule has 26 heavy (non-hydrogen) atoms. The first-order valence-corrected chi connectivity index (χ1v) is 8.62. The van der Waals surface area contributed by atoms with Crippen molar-refractivity contribution in [1.29, 1.82) is 0 Å². The van der Waals surface area contributed by atoms with Crippen molar-refractivity contribution in [3.05, 3.63) is 35.5 Å². The molecule has 0 saturated heterocycles. The van der Waals surface area contributed by atoms with Crippen LogP contribution in [0.4, 0.5) is 4.79 Å². The fourth-order valence-electron chi connectivity index (χ4n) is 2.68. The molecule has 0 aliphatic carbocycles. The van der Waals surface area contributed by atoms with Gasteiger partial charge in [-0.1, -0.05) is 12.1 Å². The largest absolute Gasteiger partial charge is 0.493 e. The molecule has 142 valence electrons. The van der Waals surface area contributed by atoms with E-state index in [1.807, 2.05) is 29.6 Å². The van der Waals surface area contributed by atoms with E-state index in [4.69, 9.17) is 14.2 Å². The zero-order chi connectivity index (χ0) is 18.9. The number of carbonyl (C=O) groups is 2. The molecule has 0 bridgehead atoms. The van der Waals surface area contributed by atoms with E-state index in [2.05, 4.69) is 10.6 Å². The number of amides is 2. The summed E-state index contributed by atoms with van der Waals surface area (Å²) in [5.41, 5.74) is 1.02. The fraction of sp³-hybridized carbons (Fsp3) is 0.444. The normalized spacial score (nSPS) is 16.6. The minimum Gasteiger partial charge on any atom is -0.493 e. The first-order chi connectivity index (χ1) is 12.6. The number of rotatable bonds is 9. The van der Waals surface area contributed by atoms with Crippen molar-refractivity contribution in [2.75, 3.05) is 33.4 Å². The van der Waals surface area contributed by atoms with Gasteiger partial charge in [0.05, 0.1) is 31.0 Å². The molecule has 1 aromatic carbocycles. The number of urea groups is 1. The zero-order valence-electron chi connectivity index (χ0n) is 15.3. The lowest BCUT2D eigenvalue weighted by atomic mass is 10.0. The predicted octanol–water partition coefficient (Wildman–Crippen LogP) is 0.156. The molecule has 0 radical (unpaired) electrons. The Morgan fingerprint density at radius 1 is 1.27 bits per heavy atom. The Balaban J connectivity index is 1.90. The van der Waals surface area contributed by atoms with Gasteiger partial charge in [0.25, 0.3) is 0 Å². The molecule has 1 heterocycles. The minimum atomic E-state index is -0.416. The maximum atomic E-state index is 12.1. The molecule has 0 aromatic heterocycles. The second kappa shape index (κ2) is 9.67. The molecule has 1 aromatic rings. The third kappa shape index (κ3) is 5.13. The lowest BCUT2D eigenvalue weighted by Crippen LogP contribution is -2.86. The van der Waals surface area contributed by atoms with E-state index >= 15 is 0 Å². The Bertz CT molecular complexity index is 675. The van der Waals surface area contributed by atoms with Crippen molar-refractivity contribution in [2.45, 2.75) is 19.9 Å². The summed E-state index contributed by atoms with van der Waals surface area (Å²) in [6.07, 6.45) is 0. The standard InChI is InChI=1S/C18H25N3O5/c1-4-25-17(22)16-12(2)20-18(23)21-13(16)11-19-9-10-26-15-8-6-5-7-14(15)24-3/h5-8,12,19H,4,9-11H2,1-3H3,(H2,20,21,23)/p+1/t12-/m0/s1. The second-order valence-corrected chi connectivity index (χ2v) is 5.71. The van der Waals surface area contributed by atoms with E-state index in [0.29, 0.717) is 42.5 Å². The molecule has 2 rings (SSSR count). The first-order valence-electron chi connectivity index (χ1n) is 8.62. The molecule has 4 N–H and O–H groups in total. The van der Waals surface area contributed by atoms with Crippen molar-refractivity contribution >= 4 is 12.0 Å². The van der Waals surface area contributed by atoms with Crippen LogP contribution in [-0.4, -0.2) is 51.5 Å². The van der Waals surface area contributed by atoms with Crippen LogP contribution in [0.2, 0.25) is 0 Å². The Labute approximate surface area is 152 Å². The molecule has 0 saturated carbocycles. The third-order valence-electron chi connectivity index (χ3n) is 3.86. The summed E-state index contributed by atoms with van der Waals surface area (Å²) >= 11 is 0. The number of para-hydroxylation sites is 2. The van der Waals surface area contributed by atoms with Gasteiger partial charge in [-0.25, -0.2) is 9.59 Å². The number of benzene rings is 1. The molecule has 8 nitrogen and oxygen atoms in total. The van der Waals surface area contributed by atoms with Crippen LogP contribution >= 0.6 is 0 Å². The van der Waals surface area contributed by atoms with Crippen molar-refractivity contribution in [2.24, 2.45) is 0 Å². The summed E-state index contributed by atoms with van der Waals surface area (Å²) in [6.45, 7) is 5.35. The van der Waals surface area contributed by atoms with Crippen LogP contribution in [0.25, 0.3) is 0 Å². The highest BCUT2D eigenvalue weighted by Gasteiger charge is 2.30. The summed E-state index contributed by atoms with van der Waals surface area (Å²) in [6, 6.07) is 6.72. The van der Waals surface area contributed by atoms with Gasteiger partial charge in [0.15, 0.2) is 11.5 Å². The van der Waals surface area contributed by atoms with Crippen LogP contribution in [0, 0.1) is 0 Å². The van der Waals surface area contributed by atoms with Gasteiger partial charge < -0.3 is 30.2 Å². The average molecular weight is 364 g/mol. The maximum absolute atomic E-state index is 12.1. The highest BCUT2D eigenvalue weighted by Crippen LogP contribution is 2.25. The van der Waals surface area contributed by atoms with Crippen LogP contribution in [0.5, 0.6) is 11.5 Å². The Morgan fingerprint density at radius 3 is 2.69 bits per heavy atom. The number of quaternary nitrogens is 1. The maximum Gasteiger partial charge on any atom is 0.338 e. The molecule has 1 aliphatic heterocycles. The van der Waals surface area contributed by atoms with Gasteiger partial charge in [0.2, 0.25) is 0 Å². The van der Waals surface area contributed by atoms with Crippen LogP contribution in [0.3, 0.4) is 0 Å². The zero-order valence-corrected chi connectivity index (χ0v) is 15.3. The van der Waals surface area contributed by atoms with Crippen LogP contribution < -0.4 is 25.4 Å². The van der Waals surface area contributed by atoms with E-state index < -0.39 is 12.0 Å².